The molecule has 0 unspecified atom stereocenters. The molecule has 0 N–H and O–H groups in total. The summed E-state index contributed by atoms with van der Waals surface area (Å²) in [5.41, 5.74) is 2.32. The number of ketones is 2. The number of fused-ring (bicyclic) bond motifs is 3. The van der Waals surface area contributed by atoms with Crippen molar-refractivity contribution in [2.24, 2.45) is 0 Å². The van der Waals surface area contributed by atoms with Gasteiger partial charge in [0.05, 0.1) is 44.5 Å². The van der Waals surface area contributed by atoms with Crippen molar-refractivity contribution in [3.63, 3.8) is 0 Å². The number of benzene rings is 5. The maximum Gasteiger partial charge on any atom is 0.356 e. The van der Waals surface area contributed by atoms with E-state index in [0.717, 1.165) is 19.3 Å². The number of rotatable bonds is 16. The quantitative estimate of drug-likeness (QED) is 0.0386. The Kier molecular flexibility index (Phi) is 18.7. The van der Waals surface area contributed by atoms with Crippen molar-refractivity contribution in [2.45, 2.75) is 26.2 Å². The van der Waals surface area contributed by atoms with E-state index in [-0.39, 0.29) is 59.2 Å². The lowest BCUT2D eigenvalue weighted by molar-refractivity contribution is 0.0585. The number of ether oxygens (including phenoxy) is 6. The fraction of sp³-hybridized carbons (Fsp3) is 0.185. The van der Waals surface area contributed by atoms with Crippen molar-refractivity contribution >= 4 is 73.8 Å². The summed E-state index contributed by atoms with van der Waals surface area (Å²) in [6.07, 6.45) is 3.05. The van der Waals surface area contributed by atoms with Gasteiger partial charge in [0.15, 0.2) is 41.9 Å². The maximum atomic E-state index is 13.6. The zero-order valence-electron chi connectivity index (χ0n) is 39.2. The predicted octanol–water partition coefficient (Wildman–Crippen LogP) is 11.2. The number of methoxy groups -OCH3 is 3. The van der Waals surface area contributed by atoms with Gasteiger partial charge in [-0.1, -0.05) is 61.7 Å². The summed E-state index contributed by atoms with van der Waals surface area (Å²) >= 11 is 5.80. The van der Waals surface area contributed by atoms with Gasteiger partial charge in [0, 0.05) is 50.5 Å². The van der Waals surface area contributed by atoms with Gasteiger partial charge < -0.3 is 28.4 Å². The molecule has 0 amide bonds. The smallest absolute Gasteiger partial charge is 0.356 e. The van der Waals surface area contributed by atoms with Crippen LogP contribution in [0.25, 0.3) is 32.7 Å². The normalized spacial score (nSPS) is 10.6. The number of unbranched alkanes of at least 4 members (excludes halogenated alkanes) is 2. The van der Waals surface area contributed by atoms with Gasteiger partial charge in [-0.15, -0.1) is 0 Å². The molecule has 3 aromatic heterocycles. The van der Waals surface area contributed by atoms with E-state index in [1.807, 2.05) is 0 Å². The van der Waals surface area contributed by atoms with Crippen LogP contribution in [0.2, 0.25) is 5.02 Å². The van der Waals surface area contributed by atoms with Crippen LogP contribution in [0, 0.1) is 17.5 Å². The molecule has 0 radical (unpaired) electrons. The Labute approximate surface area is 415 Å². The number of hydrogen-bond donors (Lipinski definition) is 0. The minimum atomic E-state index is -0.662. The molecule has 72 heavy (non-hydrogen) atoms. The Hall–Kier alpha value is -8.44. The van der Waals surface area contributed by atoms with Crippen LogP contribution in [0.4, 0.5) is 13.2 Å². The molecule has 18 heteroatoms. The van der Waals surface area contributed by atoms with Crippen LogP contribution in [0.15, 0.2) is 127 Å². The molecule has 0 aliphatic carbocycles. The number of carbonyl (C=O) groups excluding carboxylic acids is 5. The van der Waals surface area contributed by atoms with Crippen LogP contribution >= 0.6 is 11.6 Å². The summed E-state index contributed by atoms with van der Waals surface area (Å²) in [4.78, 5) is 72.0. The number of esters is 3. The molecular formula is C54H45ClF3N3O11. The van der Waals surface area contributed by atoms with Gasteiger partial charge in [-0.25, -0.2) is 42.5 Å². The second kappa shape index (κ2) is 25.4. The summed E-state index contributed by atoms with van der Waals surface area (Å²) < 4.78 is 71.4. The largest absolute Gasteiger partial charge is 0.493 e. The van der Waals surface area contributed by atoms with Crippen LogP contribution in [0.1, 0.15) is 78.4 Å². The van der Waals surface area contributed by atoms with Gasteiger partial charge in [-0.3, -0.25) is 9.59 Å². The van der Waals surface area contributed by atoms with Crippen LogP contribution in [0.3, 0.4) is 0 Å². The molecule has 0 fully saturated rings. The monoisotopic (exact) mass is 1000 g/mol. The lowest BCUT2D eigenvalue weighted by atomic mass is 10.1. The molecule has 3 heterocycles. The fourth-order valence-corrected chi connectivity index (χ4v) is 6.86. The average molecular weight is 1000 g/mol. The Bertz CT molecular complexity index is 3250. The van der Waals surface area contributed by atoms with Crippen molar-refractivity contribution < 1.29 is 65.6 Å². The molecule has 0 aliphatic rings. The van der Waals surface area contributed by atoms with Crippen LogP contribution in [0.5, 0.6) is 17.2 Å². The number of pyridine rings is 3. The Morgan fingerprint density at radius 2 is 0.847 bits per heavy atom. The third-order valence-corrected chi connectivity index (χ3v) is 10.6. The summed E-state index contributed by atoms with van der Waals surface area (Å²) in [5, 5.41) is 1.79. The minimum Gasteiger partial charge on any atom is -0.493 e. The SMILES string of the molecule is CCCCCOc1cc(C(=O)OC)nc2ccc(F)cc12.COC(=O)c1cc(OCC(=O)c2ccc(Cl)cc2)c2cc(F)ccc2n1.COC(=O)c1cc(OCC(=O)c2ccccc2)c2cc(F)ccc2n1. The standard InChI is InChI=1S/C19H13ClFNO4.C19H14FNO4.C16H18FNO3/c1-25-19(24)16-9-18(14-8-13(21)6-7-15(14)22-16)26-10-17(23)11-2-4-12(20)5-3-11;1-24-19(23)16-10-18(14-9-13(20)7-8-15(14)21-16)25-11-17(22)12-5-3-2-4-6-12;1-3-4-5-8-21-15-10-14(16(19)20-2)18-13-7-6-11(17)9-12(13)15/h2-9H,10H2,1H3;2-10H,11H2,1H3;6-7,9-10H,3-5,8H2,1-2H3. The van der Waals surface area contributed by atoms with Crippen LogP contribution < -0.4 is 14.2 Å². The first-order chi connectivity index (χ1) is 34.7. The van der Waals surface area contributed by atoms with E-state index in [9.17, 15) is 37.1 Å². The van der Waals surface area contributed by atoms with E-state index in [0.29, 0.717) is 61.2 Å². The van der Waals surface area contributed by atoms with E-state index in [1.54, 1.807) is 54.6 Å². The average Bonchev–Trinajstić information content (AvgIpc) is 3.40. The highest BCUT2D eigenvalue weighted by Gasteiger charge is 2.18. The van der Waals surface area contributed by atoms with E-state index >= 15 is 0 Å². The number of carbonyl (C=O) groups is 5. The zero-order valence-corrected chi connectivity index (χ0v) is 40.0. The van der Waals surface area contributed by atoms with E-state index in [4.69, 9.17) is 25.8 Å². The fourth-order valence-electron chi connectivity index (χ4n) is 6.73. The third-order valence-electron chi connectivity index (χ3n) is 10.4. The highest BCUT2D eigenvalue weighted by molar-refractivity contribution is 6.30. The molecule has 8 rings (SSSR count). The molecule has 0 bridgehead atoms. The van der Waals surface area contributed by atoms with Gasteiger partial charge in [-0.05, 0) is 85.3 Å². The van der Waals surface area contributed by atoms with E-state index in [2.05, 4.69) is 36.1 Å². The number of nitrogens with zero attached hydrogens (tertiary/aromatic N) is 3. The highest BCUT2D eigenvalue weighted by atomic mass is 35.5. The Balaban J connectivity index is 0.000000178. The molecule has 0 aliphatic heterocycles. The molecule has 370 valence electrons. The Morgan fingerprint density at radius 3 is 1.22 bits per heavy atom. The van der Waals surface area contributed by atoms with E-state index in [1.165, 1.54) is 94.1 Å². The second-order valence-corrected chi connectivity index (χ2v) is 15.8. The molecule has 0 saturated carbocycles. The highest BCUT2D eigenvalue weighted by Crippen LogP contribution is 2.30. The second-order valence-electron chi connectivity index (χ2n) is 15.3. The summed E-state index contributed by atoms with van der Waals surface area (Å²) in [6.45, 7) is 2.08. The summed E-state index contributed by atoms with van der Waals surface area (Å²) in [7, 11) is 3.75. The molecular weight excluding hydrogens is 959 g/mol. The zero-order chi connectivity index (χ0) is 51.7. The molecule has 5 aromatic carbocycles. The van der Waals surface area contributed by atoms with Crippen molar-refractivity contribution in [1.82, 2.24) is 15.0 Å². The third kappa shape index (κ3) is 14.1. The first kappa shape index (κ1) is 52.9. The number of halogens is 4. The van der Waals surface area contributed by atoms with Gasteiger partial charge in [0.1, 0.15) is 34.7 Å². The Morgan fingerprint density at radius 1 is 0.472 bits per heavy atom. The lowest BCUT2D eigenvalue weighted by Gasteiger charge is -2.10. The minimum absolute atomic E-state index is 0.000509. The van der Waals surface area contributed by atoms with Crippen molar-refractivity contribution in [3.8, 4) is 17.2 Å². The maximum absolute atomic E-state index is 13.6. The molecule has 0 atom stereocenters. The summed E-state index contributed by atoms with van der Waals surface area (Å²) in [5.74, 6) is -2.89. The first-order valence-corrected chi connectivity index (χ1v) is 22.4. The van der Waals surface area contributed by atoms with Crippen molar-refractivity contribution in [1.29, 1.82) is 0 Å². The van der Waals surface area contributed by atoms with E-state index < -0.39 is 29.5 Å². The van der Waals surface area contributed by atoms with Gasteiger partial charge in [-0.2, -0.15) is 0 Å². The molecule has 0 spiro atoms. The molecule has 14 nitrogen and oxygen atoms in total. The molecule has 8 aromatic rings. The lowest BCUT2D eigenvalue weighted by Crippen LogP contribution is -2.13. The number of Topliss-reactive ketones (excluding diaryl/α,β-unsaturated/α-hetero) is 2. The topological polar surface area (TPSA) is 179 Å². The van der Waals surface area contributed by atoms with Crippen molar-refractivity contribution in [3.05, 3.63) is 178 Å². The summed E-state index contributed by atoms with van der Waals surface area (Å²) in [6, 6.07) is 31.1. The van der Waals surface area contributed by atoms with Gasteiger partial charge >= 0.3 is 17.9 Å². The van der Waals surface area contributed by atoms with Crippen molar-refractivity contribution in [2.75, 3.05) is 41.2 Å². The number of hydrogen-bond acceptors (Lipinski definition) is 14. The van der Waals surface area contributed by atoms with Gasteiger partial charge in [0.25, 0.3) is 0 Å². The molecule has 0 saturated heterocycles. The number of aromatic nitrogens is 3. The van der Waals surface area contributed by atoms with Gasteiger partial charge in [0.2, 0.25) is 0 Å². The van der Waals surface area contributed by atoms with Crippen LogP contribution in [-0.2, 0) is 14.2 Å². The first-order valence-electron chi connectivity index (χ1n) is 22.0. The predicted molar refractivity (Wildman–Crippen MR) is 262 cm³/mol. The van der Waals surface area contributed by atoms with Crippen LogP contribution in [-0.4, -0.2) is 85.6 Å².